The van der Waals surface area contributed by atoms with E-state index in [-0.39, 0.29) is 11.4 Å². The zero-order valence-electron chi connectivity index (χ0n) is 14.4. The molecule has 2 aliphatic heterocycles. The van der Waals surface area contributed by atoms with E-state index in [0.29, 0.717) is 32.3 Å². The Morgan fingerprint density at radius 2 is 2.21 bits per heavy atom. The minimum absolute atomic E-state index is 0.0903. The van der Waals surface area contributed by atoms with E-state index in [2.05, 4.69) is 20.9 Å². The van der Waals surface area contributed by atoms with Crippen molar-refractivity contribution in [3.63, 3.8) is 0 Å². The van der Waals surface area contributed by atoms with Crippen molar-refractivity contribution >= 4 is 56.9 Å². The minimum atomic E-state index is -0.518. The highest BCUT2D eigenvalue weighted by Crippen LogP contribution is 2.29. The topological polar surface area (TPSA) is 92.0 Å². The Kier molecular flexibility index (Phi) is 4.70. The number of carbonyl (C=O) groups excluding carboxylic acids is 2. The Balaban J connectivity index is 1.57. The van der Waals surface area contributed by atoms with Crippen LogP contribution in [0.15, 0.2) is 62.6 Å². The van der Waals surface area contributed by atoms with E-state index < -0.39 is 11.9 Å². The molecule has 28 heavy (non-hydrogen) atoms. The van der Waals surface area contributed by atoms with E-state index in [1.165, 1.54) is 22.5 Å². The fraction of sp³-hybridized carbons (Fsp3) is 0.0526. The van der Waals surface area contributed by atoms with Crippen molar-refractivity contribution in [2.24, 2.45) is 4.99 Å². The lowest BCUT2D eigenvalue weighted by Gasteiger charge is -2.23. The highest BCUT2D eigenvalue weighted by atomic mass is 79.9. The van der Waals surface area contributed by atoms with Gasteiger partial charge in [-0.05, 0) is 58.1 Å². The Hall–Kier alpha value is -3.04. The highest BCUT2D eigenvalue weighted by Gasteiger charge is 2.34. The number of amidine groups is 2. The maximum atomic E-state index is 12.3. The van der Waals surface area contributed by atoms with Gasteiger partial charge in [-0.25, -0.2) is 4.79 Å². The van der Waals surface area contributed by atoms with Crippen molar-refractivity contribution in [2.45, 2.75) is 6.92 Å². The molecule has 0 unspecified atom stereocenters. The molecule has 3 heterocycles. The number of hydrogen-bond acceptors (Lipinski definition) is 6. The molecule has 7 nitrogen and oxygen atoms in total. The van der Waals surface area contributed by atoms with E-state index >= 15 is 0 Å². The number of halogens is 1. The van der Waals surface area contributed by atoms with E-state index in [9.17, 15) is 9.59 Å². The number of rotatable bonds is 3. The molecule has 4 rings (SSSR count). The Morgan fingerprint density at radius 1 is 1.39 bits per heavy atom. The van der Waals surface area contributed by atoms with Crippen molar-refractivity contribution < 1.29 is 19.2 Å². The maximum Gasteiger partial charge on any atom is 0.353 e. The van der Waals surface area contributed by atoms with E-state index in [1.807, 2.05) is 0 Å². The smallest absolute Gasteiger partial charge is 0.353 e. The van der Waals surface area contributed by atoms with Crippen molar-refractivity contribution in [1.29, 1.82) is 5.41 Å². The second kappa shape index (κ2) is 7.17. The van der Waals surface area contributed by atoms with Crippen LogP contribution in [-0.4, -0.2) is 28.6 Å². The summed E-state index contributed by atoms with van der Waals surface area (Å²) in [7, 11) is 0. The summed E-state index contributed by atoms with van der Waals surface area (Å²) >= 11 is 4.67. The van der Waals surface area contributed by atoms with Crippen LogP contribution in [0.2, 0.25) is 0 Å². The zero-order chi connectivity index (χ0) is 19.8. The first-order chi connectivity index (χ1) is 13.4. The number of ether oxygens (including phenoxy) is 1. The number of thiophene rings is 1. The number of benzene rings is 1. The van der Waals surface area contributed by atoms with Crippen LogP contribution in [-0.2, 0) is 9.63 Å². The predicted octanol–water partition coefficient (Wildman–Crippen LogP) is 4.18. The van der Waals surface area contributed by atoms with Crippen LogP contribution in [0, 0.1) is 5.41 Å². The summed E-state index contributed by atoms with van der Waals surface area (Å²) in [4.78, 5) is 34.2. The standard InChI is InChI=1S/C19H12BrN3O4S/c1-10-7-16-22-18(24)12(17(21)23(16)27-10)8-11-4-5-14(13(20)9-11)26-19(25)15-3-2-6-28-15/h2-9,21H,1H3/b12-8+,21-17?. The third-order valence-electron chi connectivity index (χ3n) is 3.87. The second-order valence-corrected chi connectivity index (χ2v) is 7.68. The molecular weight excluding hydrogens is 446 g/mol. The molecule has 0 spiro atoms. The fourth-order valence-electron chi connectivity index (χ4n) is 2.60. The molecule has 0 bridgehead atoms. The number of hydroxylamine groups is 2. The highest BCUT2D eigenvalue weighted by molar-refractivity contribution is 9.10. The van der Waals surface area contributed by atoms with Crippen molar-refractivity contribution in [2.75, 3.05) is 0 Å². The number of aliphatic imine (C=N–C) groups is 1. The molecule has 0 aliphatic carbocycles. The van der Waals surface area contributed by atoms with Gasteiger partial charge in [-0.1, -0.05) is 12.1 Å². The van der Waals surface area contributed by atoms with Gasteiger partial charge in [0.25, 0.3) is 5.91 Å². The molecule has 0 saturated heterocycles. The predicted molar refractivity (Wildman–Crippen MR) is 108 cm³/mol. The Labute approximate surface area is 172 Å². The first kappa shape index (κ1) is 18.3. The Bertz CT molecular complexity index is 1100. The number of hydrogen-bond donors (Lipinski definition) is 1. The largest absolute Gasteiger partial charge is 0.421 e. The third-order valence-corrected chi connectivity index (χ3v) is 5.34. The molecule has 1 aromatic heterocycles. The van der Waals surface area contributed by atoms with E-state index in [4.69, 9.17) is 15.0 Å². The lowest BCUT2D eigenvalue weighted by Crippen LogP contribution is -2.38. The van der Waals surface area contributed by atoms with Gasteiger partial charge in [0.2, 0.25) is 0 Å². The lowest BCUT2D eigenvalue weighted by atomic mass is 10.1. The average Bonchev–Trinajstić information content (AvgIpc) is 3.30. The van der Waals surface area contributed by atoms with Gasteiger partial charge in [0.1, 0.15) is 16.4 Å². The molecule has 1 amide bonds. The first-order valence-electron chi connectivity index (χ1n) is 8.07. The van der Waals surface area contributed by atoms with Crippen LogP contribution in [0.4, 0.5) is 0 Å². The van der Waals surface area contributed by atoms with E-state index in [0.717, 1.165) is 0 Å². The quantitative estimate of drug-likeness (QED) is 0.423. The molecule has 9 heteroatoms. The van der Waals surface area contributed by atoms with Crippen molar-refractivity contribution in [1.82, 2.24) is 5.06 Å². The summed E-state index contributed by atoms with van der Waals surface area (Å²) in [6, 6.07) is 8.45. The van der Waals surface area contributed by atoms with Gasteiger partial charge >= 0.3 is 5.97 Å². The summed E-state index contributed by atoms with van der Waals surface area (Å²) in [5, 5.41) is 11.2. The van der Waals surface area contributed by atoms with Gasteiger partial charge in [-0.3, -0.25) is 10.2 Å². The number of nitrogens with zero attached hydrogens (tertiary/aromatic N) is 2. The fourth-order valence-corrected chi connectivity index (χ4v) is 3.68. The molecule has 2 aromatic rings. The molecule has 1 N–H and O–H groups in total. The summed E-state index contributed by atoms with van der Waals surface area (Å²) in [5.74, 6) is 0.150. The molecule has 0 atom stereocenters. The van der Waals surface area contributed by atoms with Gasteiger partial charge in [0.15, 0.2) is 11.7 Å². The number of nitrogens with one attached hydrogen (secondary N) is 1. The second-order valence-electron chi connectivity index (χ2n) is 5.88. The van der Waals surface area contributed by atoms with Crippen LogP contribution in [0.3, 0.4) is 0 Å². The molecule has 0 fully saturated rings. The Morgan fingerprint density at radius 3 is 2.93 bits per heavy atom. The van der Waals surface area contributed by atoms with Gasteiger partial charge in [0.05, 0.1) is 10.0 Å². The molecule has 140 valence electrons. The summed E-state index contributed by atoms with van der Waals surface area (Å²) in [6.45, 7) is 1.72. The average molecular weight is 458 g/mol. The van der Waals surface area contributed by atoms with Crippen LogP contribution in [0.1, 0.15) is 22.2 Å². The van der Waals surface area contributed by atoms with Crippen LogP contribution in [0.25, 0.3) is 6.08 Å². The summed E-state index contributed by atoms with van der Waals surface area (Å²) in [5.41, 5.74) is 0.737. The maximum absolute atomic E-state index is 12.3. The van der Waals surface area contributed by atoms with Crippen LogP contribution >= 0.6 is 27.3 Å². The van der Waals surface area contributed by atoms with Gasteiger partial charge in [-0.2, -0.15) is 4.99 Å². The zero-order valence-corrected chi connectivity index (χ0v) is 16.8. The molecular formula is C19H12BrN3O4S. The summed E-state index contributed by atoms with van der Waals surface area (Å²) in [6.07, 6.45) is 3.13. The monoisotopic (exact) mass is 457 g/mol. The minimum Gasteiger partial charge on any atom is -0.421 e. The molecule has 1 aromatic carbocycles. The third kappa shape index (κ3) is 3.41. The molecule has 0 radical (unpaired) electrons. The summed E-state index contributed by atoms with van der Waals surface area (Å²) < 4.78 is 5.93. The SMILES string of the molecule is CC1=CC2=NC(=O)/C(=C/c3ccc(OC(=O)c4cccs4)c(Br)c3)C(=N)N2O1. The van der Waals surface area contributed by atoms with Gasteiger partial charge < -0.3 is 9.57 Å². The van der Waals surface area contributed by atoms with Gasteiger partial charge in [0, 0.05) is 6.08 Å². The molecule has 2 aliphatic rings. The first-order valence-corrected chi connectivity index (χ1v) is 9.75. The van der Waals surface area contributed by atoms with Crippen LogP contribution in [0.5, 0.6) is 5.75 Å². The molecule has 0 saturated carbocycles. The van der Waals surface area contributed by atoms with Crippen LogP contribution < -0.4 is 4.74 Å². The number of allylic oxidation sites excluding steroid dienone is 1. The normalized spacial score (nSPS) is 17.2. The number of esters is 1. The lowest BCUT2D eigenvalue weighted by molar-refractivity contribution is -0.114. The van der Waals surface area contributed by atoms with Crippen molar-refractivity contribution in [3.8, 4) is 5.75 Å². The number of amides is 1. The van der Waals surface area contributed by atoms with E-state index in [1.54, 1.807) is 48.7 Å². The van der Waals surface area contributed by atoms with Gasteiger partial charge in [-0.15, -0.1) is 16.4 Å². The number of carbonyl (C=O) groups is 2. The van der Waals surface area contributed by atoms with Crippen molar-refractivity contribution in [3.05, 3.63) is 68.0 Å². The number of fused-ring (bicyclic) bond motifs is 1.